The molecule has 4 aromatic rings. The van der Waals surface area contributed by atoms with Gasteiger partial charge in [-0.15, -0.1) is 0 Å². The molecule has 0 aliphatic carbocycles. The standard InChI is InChI=1S/C37H40N4O4/c42-36(40-38-26-30-18-22-34(23-19-30)44-28-32-12-6-4-7-13-32)16-10-2-1-3-11-17-37(43)41-39-27-31-20-24-35(25-21-31)45-29-33-14-8-5-9-15-33/h4-9,12-15,18-27H,1-3,10-11,16-17,28-29H2,(H,40,42)(H,41,43)/b38-26+,39-27+. The van der Waals surface area contributed by atoms with Crippen molar-refractivity contribution in [3.05, 3.63) is 131 Å². The summed E-state index contributed by atoms with van der Waals surface area (Å²) in [5.74, 6) is 1.33. The van der Waals surface area contributed by atoms with E-state index in [4.69, 9.17) is 9.47 Å². The van der Waals surface area contributed by atoms with E-state index >= 15 is 0 Å². The molecule has 0 saturated carbocycles. The third kappa shape index (κ3) is 13.3. The van der Waals surface area contributed by atoms with Crippen LogP contribution in [-0.2, 0) is 22.8 Å². The minimum absolute atomic E-state index is 0.111. The van der Waals surface area contributed by atoms with Gasteiger partial charge in [-0.25, -0.2) is 10.9 Å². The Labute approximate surface area is 265 Å². The van der Waals surface area contributed by atoms with Crippen molar-refractivity contribution in [3.63, 3.8) is 0 Å². The highest BCUT2D eigenvalue weighted by Gasteiger charge is 2.02. The van der Waals surface area contributed by atoms with Gasteiger partial charge in [0.2, 0.25) is 11.8 Å². The lowest BCUT2D eigenvalue weighted by molar-refractivity contribution is -0.121. The van der Waals surface area contributed by atoms with E-state index in [9.17, 15) is 9.59 Å². The van der Waals surface area contributed by atoms with Crippen LogP contribution in [0.1, 0.15) is 67.2 Å². The molecule has 0 heterocycles. The Morgan fingerprint density at radius 1 is 0.511 bits per heavy atom. The fourth-order valence-electron chi connectivity index (χ4n) is 4.35. The number of carbonyl (C=O) groups excluding carboxylic acids is 2. The van der Waals surface area contributed by atoms with Gasteiger partial charge < -0.3 is 9.47 Å². The van der Waals surface area contributed by atoms with Crippen LogP contribution in [0.4, 0.5) is 0 Å². The summed E-state index contributed by atoms with van der Waals surface area (Å²) >= 11 is 0. The van der Waals surface area contributed by atoms with Gasteiger partial charge >= 0.3 is 0 Å². The van der Waals surface area contributed by atoms with Gasteiger partial charge in [-0.1, -0.05) is 79.9 Å². The van der Waals surface area contributed by atoms with E-state index in [-0.39, 0.29) is 11.8 Å². The van der Waals surface area contributed by atoms with Gasteiger partial charge in [-0.3, -0.25) is 9.59 Å². The predicted molar refractivity (Wildman–Crippen MR) is 178 cm³/mol. The number of hydrazone groups is 2. The number of rotatable bonds is 18. The quantitative estimate of drug-likeness (QED) is 0.0714. The fourth-order valence-corrected chi connectivity index (χ4v) is 4.35. The molecule has 0 aliphatic rings. The topological polar surface area (TPSA) is 101 Å². The van der Waals surface area contributed by atoms with E-state index < -0.39 is 0 Å². The number of benzene rings is 4. The summed E-state index contributed by atoms with van der Waals surface area (Å²) in [5.41, 5.74) is 9.13. The summed E-state index contributed by atoms with van der Waals surface area (Å²) in [6, 6.07) is 35.1. The number of nitrogens with zero attached hydrogens (tertiary/aromatic N) is 2. The molecule has 4 aromatic carbocycles. The van der Waals surface area contributed by atoms with E-state index in [1.54, 1.807) is 12.4 Å². The van der Waals surface area contributed by atoms with Crippen molar-refractivity contribution >= 4 is 24.2 Å². The summed E-state index contributed by atoms with van der Waals surface area (Å²) in [6.45, 7) is 1.02. The van der Waals surface area contributed by atoms with Crippen molar-refractivity contribution < 1.29 is 19.1 Å². The molecule has 0 saturated heterocycles. The first-order chi connectivity index (χ1) is 22.1. The van der Waals surface area contributed by atoms with Crippen LogP contribution in [0.25, 0.3) is 0 Å². The lowest BCUT2D eigenvalue weighted by atomic mass is 10.1. The molecule has 0 radical (unpaired) electrons. The Bertz CT molecular complexity index is 1370. The summed E-state index contributed by atoms with van der Waals surface area (Å²) in [6.07, 6.45) is 8.43. The first-order valence-electron chi connectivity index (χ1n) is 15.3. The SMILES string of the molecule is O=C(CCCCCCCC(=O)N/N=C/c1ccc(OCc2ccccc2)cc1)N/N=C/c1ccc(OCc2ccccc2)cc1. The van der Waals surface area contributed by atoms with Crippen molar-refractivity contribution in [3.8, 4) is 11.5 Å². The van der Waals surface area contributed by atoms with Crippen molar-refractivity contribution in [2.24, 2.45) is 10.2 Å². The Morgan fingerprint density at radius 3 is 1.29 bits per heavy atom. The number of hydrogen-bond acceptors (Lipinski definition) is 6. The lowest BCUT2D eigenvalue weighted by Crippen LogP contribution is -2.17. The number of unbranched alkanes of at least 4 members (excludes halogenated alkanes) is 4. The van der Waals surface area contributed by atoms with E-state index in [2.05, 4.69) is 21.1 Å². The summed E-state index contributed by atoms with van der Waals surface area (Å²) < 4.78 is 11.6. The molecule has 4 rings (SSSR count). The molecule has 0 unspecified atom stereocenters. The molecule has 0 atom stereocenters. The minimum Gasteiger partial charge on any atom is -0.489 e. The molecule has 0 fully saturated rings. The van der Waals surface area contributed by atoms with Crippen LogP contribution >= 0.6 is 0 Å². The highest BCUT2D eigenvalue weighted by molar-refractivity contribution is 5.83. The van der Waals surface area contributed by atoms with Crippen LogP contribution in [-0.4, -0.2) is 24.2 Å². The third-order valence-corrected chi connectivity index (χ3v) is 6.87. The van der Waals surface area contributed by atoms with E-state index in [1.807, 2.05) is 109 Å². The van der Waals surface area contributed by atoms with Crippen LogP contribution in [0.2, 0.25) is 0 Å². The molecule has 232 valence electrons. The zero-order valence-electron chi connectivity index (χ0n) is 25.4. The minimum atomic E-state index is -0.111. The number of carbonyl (C=O) groups is 2. The van der Waals surface area contributed by atoms with Crippen LogP contribution in [0, 0.1) is 0 Å². The smallest absolute Gasteiger partial charge is 0.240 e. The zero-order valence-corrected chi connectivity index (χ0v) is 25.4. The zero-order chi connectivity index (χ0) is 31.4. The molecule has 0 aromatic heterocycles. The summed E-state index contributed by atoms with van der Waals surface area (Å²) in [4.78, 5) is 24.1. The fraction of sp³-hybridized carbons (Fsp3) is 0.243. The van der Waals surface area contributed by atoms with Crippen LogP contribution in [0.15, 0.2) is 119 Å². The molecule has 0 aliphatic heterocycles. The molecule has 2 amide bonds. The van der Waals surface area contributed by atoms with Crippen LogP contribution < -0.4 is 20.3 Å². The van der Waals surface area contributed by atoms with E-state index in [0.29, 0.717) is 26.1 Å². The van der Waals surface area contributed by atoms with Gasteiger partial charge in [0.05, 0.1) is 12.4 Å². The van der Waals surface area contributed by atoms with Crippen molar-refractivity contribution in [2.75, 3.05) is 0 Å². The first kappa shape index (κ1) is 32.7. The van der Waals surface area contributed by atoms with E-state index in [1.165, 1.54) is 0 Å². The number of amides is 2. The van der Waals surface area contributed by atoms with Gasteiger partial charge in [-0.2, -0.15) is 10.2 Å². The molecule has 2 N–H and O–H groups in total. The van der Waals surface area contributed by atoms with Gasteiger partial charge in [0.15, 0.2) is 0 Å². The lowest BCUT2D eigenvalue weighted by Gasteiger charge is -2.06. The maximum Gasteiger partial charge on any atom is 0.240 e. The molecule has 8 heteroatoms. The molecular weight excluding hydrogens is 564 g/mol. The molecular formula is C37H40N4O4. The molecule has 0 spiro atoms. The van der Waals surface area contributed by atoms with Crippen LogP contribution in [0.5, 0.6) is 11.5 Å². The van der Waals surface area contributed by atoms with Gasteiger partial charge in [0.25, 0.3) is 0 Å². The predicted octanol–water partition coefficient (Wildman–Crippen LogP) is 7.18. The monoisotopic (exact) mass is 604 g/mol. The number of nitrogens with one attached hydrogen (secondary N) is 2. The van der Waals surface area contributed by atoms with Gasteiger partial charge in [-0.05, 0) is 83.6 Å². The molecule has 8 nitrogen and oxygen atoms in total. The number of ether oxygens (including phenoxy) is 2. The van der Waals surface area contributed by atoms with Gasteiger partial charge in [0, 0.05) is 12.8 Å². The third-order valence-electron chi connectivity index (χ3n) is 6.87. The molecule has 45 heavy (non-hydrogen) atoms. The highest BCUT2D eigenvalue weighted by Crippen LogP contribution is 2.15. The Morgan fingerprint density at radius 2 is 0.889 bits per heavy atom. The second kappa shape index (κ2) is 19.1. The average molecular weight is 605 g/mol. The molecule has 0 bridgehead atoms. The van der Waals surface area contributed by atoms with E-state index in [0.717, 1.165) is 65.9 Å². The summed E-state index contributed by atoms with van der Waals surface area (Å²) in [5, 5.41) is 8.10. The second-order valence-corrected chi connectivity index (χ2v) is 10.5. The van der Waals surface area contributed by atoms with Crippen LogP contribution in [0.3, 0.4) is 0 Å². The normalized spacial score (nSPS) is 11.0. The summed E-state index contributed by atoms with van der Waals surface area (Å²) in [7, 11) is 0. The maximum absolute atomic E-state index is 12.1. The Hall–Kier alpha value is -5.24. The largest absolute Gasteiger partial charge is 0.489 e. The Kier molecular flexibility index (Phi) is 13.9. The van der Waals surface area contributed by atoms with Crippen molar-refractivity contribution in [1.29, 1.82) is 0 Å². The maximum atomic E-state index is 12.1. The van der Waals surface area contributed by atoms with Gasteiger partial charge in [0.1, 0.15) is 24.7 Å². The second-order valence-electron chi connectivity index (χ2n) is 10.5. The number of hydrogen-bond donors (Lipinski definition) is 2. The Balaban J connectivity index is 0.987. The van der Waals surface area contributed by atoms with Crippen molar-refractivity contribution in [1.82, 2.24) is 10.9 Å². The average Bonchev–Trinajstić information content (AvgIpc) is 3.08. The van der Waals surface area contributed by atoms with Crippen molar-refractivity contribution in [2.45, 2.75) is 58.2 Å². The first-order valence-corrected chi connectivity index (χ1v) is 15.3. The highest BCUT2D eigenvalue weighted by atomic mass is 16.5.